The zero-order valence-corrected chi connectivity index (χ0v) is 11.8. The minimum absolute atomic E-state index is 0.206. The molecule has 1 N–H and O–H groups in total. The van der Waals surface area contributed by atoms with Crippen LogP contribution in [0.15, 0.2) is 41.6 Å². The lowest BCUT2D eigenvalue weighted by molar-refractivity contribution is -0.141. The lowest BCUT2D eigenvalue weighted by Crippen LogP contribution is -2.50. The van der Waals surface area contributed by atoms with Gasteiger partial charge in [-0.15, -0.1) is 5.10 Å². The van der Waals surface area contributed by atoms with Gasteiger partial charge >= 0.3 is 5.97 Å². The van der Waals surface area contributed by atoms with Crippen LogP contribution in [0.5, 0.6) is 0 Å². The maximum Gasteiger partial charge on any atom is 0.324 e. The molecule has 1 aromatic heterocycles. The fourth-order valence-corrected chi connectivity index (χ4v) is 2.36. The highest BCUT2D eigenvalue weighted by Gasteiger charge is 2.37. The molecule has 0 saturated carbocycles. The number of carboxylic acids is 1. The van der Waals surface area contributed by atoms with Gasteiger partial charge in [0.05, 0.1) is 6.20 Å². The number of aromatic nitrogens is 3. The first kappa shape index (κ1) is 13.3. The van der Waals surface area contributed by atoms with Crippen molar-refractivity contribution >= 4 is 11.7 Å². The second kappa shape index (κ2) is 4.69. The summed E-state index contributed by atoms with van der Waals surface area (Å²) in [5, 5.41) is 23.2. The molecule has 0 radical (unpaired) electrons. The van der Waals surface area contributed by atoms with Gasteiger partial charge in [0.1, 0.15) is 23.6 Å². The Hall–Kier alpha value is -2.70. The number of fused-ring (bicyclic) bond motifs is 1. The molecule has 0 aliphatic carbocycles. The summed E-state index contributed by atoms with van der Waals surface area (Å²) in [5.41, 5.74) is 1.64. The SMILES string of the molecule is CC1(C)N(CC(=O)O)N=C(c2ccccc2)c2cnnn21. The summed E-state index contributed by atoms with van der Waals surface area (Å²) < 4.78 is 1.70. The number of benzene rings is 1. The molecule has 1 aliphatic rings. The number of hydrazone groups is 1. The molecule has 0 atom stereocenters. The molecule has 21 heavy (non-hydrogen) atoms. The van der Waals surface area contributed by atoms with Crippen LogP contribution in [0.3, 0.4) is 0 Å². The first-order valence-electron chi connectivity index (χ1n) is 6.55. The summed E-state index contributed by atoms with van der Waals surface area (Å²) >= 11 is 0. The van der Waals surface area contributed by atoms with E-state index in [9.17, 15) is 4.79 Å². The van der Waals surface area contributed by atoms with Gasteiger partial charge in [0.15, 0.2) is 0 Å². The molecule has 0 spiro atoms. The Labute approximate surface area is 121 Å². The Balaban J connectivity index is 2.15. The van der Waals surface area contributed by atoms with Gasteiger partial charge in [-0.3, -0.25) is 9.80 Å². The van der Waals surface area contributed by atoms with Crippen molar-refractivity contribution in [1.29, 1.82) is 0 Å². The summed E-state index contributed by atoms with van der Waals surface area (Å²) in [6, 6.07) is 9.59. The zero-order valence-electron chi connectivity index (χ0n) is 11.8. The molecular formula is C14H15N5O2. The number of aliphatic carboxylic acids is 1. The van der Waals surface area contributed by atoms with E-state index in [1.165, 1.54) is 5.01 Å². The molecule has 0 fully saturated rings. The van der Waals surface area contributed by atoms with E-state index in [-0.39, 0.29) is 6.54 Å². The minimum Gasteiger partial charge on any atom is -0.480 e. The quantitative estimate of drug-likeness (QED) is 0.913. The van der Waals surface area contributed by atoms with Gasteiger partial charge < -0.3 is 5.11 Å². The van der Waals surface area contributed by atoms with Crippen molar-refractivity contribution in [3.8, 4) is 0 Å². The second-order valence-corrected chi connectivity index (χ2v) is 5.29. The summed E-state index contributed by atoms with van der Waals surface area (Å²) in [4.78, 5) is 11.1. The van der Waals surface area contributed by atoms with Crippen molar-refractivity contribution < 1.29 is 9.90 Å². The van der Waals surface area contributed by atoms with E-state index in [4.69, 9.17) is 5.11 Å². The van der Waals surface area contributed by atoms with E-state index in [1.54, 1.807) is 10.9 Å². The molecule has 0 unspecified atom stereocenters. The van der Waals surface area contributed by atoms with Gasteiger partial charge in [-0.1, -0.05) is 35.5 Å². The van der Waals surface area contributed by atoms with Crippen LogP contribution in [-0.2, 0) is 10.5 Å². The largest absolute Gasteiger partial charge is 0.480 e. The van der Waals surface area contributed by atoms with Crippen LogP contribution < -0.4 is 0 Å². The highest BCUT2D eigenvalue weighted by atomic mass is 16.4. The first-order valence-corrected chi connectivity index (χ1v) is 6.55. The fourth-order valence-electron chi connectivity index (χ4n) is 2.36. The van der Waals surface area contributed by atoms with E-state index < -0.39 is 11.6 Å². The predicted molar refractivity (Wildman–Crippen MR) is 75.8 cm³/mol. The number of hydrogen-bond donors (Lipinski definition) is 1. The Kier molecular flexibility index (Phi) is 2.97. The Bertz CT molecular complexity index is 705. The van der Waals surface area contributed by atoms with Crippen molar-refractivity contribution in [2.75, 3.05) is 6.54 Å². The molecule has 0 amide bonds. The second-order valence-electron chi connectivity index (χ2n) is 5.29. The average Bonchev–Trinajstić information content (AvgIpc) is 2.93. The number of nitrogens with zero attached hydrogens (tertiary/aromatic N) is 5. The highest BCUT2D eigenvalue weighted by Crippen LogP contribution is 2.28. The standard InChI is InChI=1S/C14H15N5O2/c1-14(2)18(9-12(20)21)16-13(10-6-4-3-5-7-10)11-8-15-17-19(11)14/h3-8H,9H2,1-2H3,(H,20,21). The maximum absolute atomic E-state index is 11.1. The zero-order chi connectivity index (χ0) is 15.0. The van der Waals surface area contributed by atoms with E-state index in [1.807, 2.05) is 44.2 Å². The van der Waals surface area contributed by atoms with Crippen LogP contribution in [0.4, 0.5) is 0 Å². The normalized spacial score (nSPS) is 16.3. The lowest BCUT2D eigenvalue weighted by atomic mass is 10.1. The third kappa shape index (κ3) is 2.16. The van der Waals surface area contributed by atoms with Crippen LogP contribution >= 0.6 is 0 Å². The van der Waals surface area contributed by atoms with E-state index in [0.717, 1.165) is 11.3 Å². The number of hydrogen-bond acceptors (Lipinski definition) is 5. The minimum atomic E-state index is -0.942. The lowest BCUT2D eigenvalue weighted by Gasteiger charge is -2.39. The van der Waals surface area contributed by atoms with E-state index in [0.29, 0.717) is 5.71 Å². The average molecular weight is 285 g/mol. The van der Waals surface area contributed by atoms with Crippen molar-refractivity contribution in [2.24, 2.45) is 5.10 Å². The molecule has 1 aromatic carbocycles. The Morgan fingerprint density at radius 3 is 2.67 bits per heavy atom. The molecule has 1 aliphatic heterocycles. The molecule has 7 nitrogen and oxygen atoms in total. The summed E-state index contributed by atoms with van der Waals surface area (Å²) in [6.07, 6.45) is 1.64. The number of carboxylic acid groups (broad SMARTS) is 1. The van der Waals surface area contributed by atoms with Crippen molar-refractivity contribution in [3.05, 3.63) is 47.8 Å². The third-order valence-electron chi connectivity index (χ3n) is 3.49. The van der Waals surface area contributed by atoms with Gasteiger partial charge in [0.25, 0.3) is 0 Å². The van der Waals surface area contributed by atoms with Crippen molar-refractivity contribution in [1.82, 2.24) is 20.0 Å². The molecule has 2 heterocycles. The monoisotopic (exact) mass is 285 g/mol. The van der Waals surface area contributed by atoms with Crippen LogP contribution in [-0.4, -0.2) is 43.3 Å². The van der Waals surface area contributed by atoms with Crippen LogP contribution in [0.1, 0.15) is 25.1 Å². The molecule has 0 saturated heterocycles. The molecule has 108 valence electrons. The Morgan fingerprint density at radius 2 is 2.00 bits per heavy atom. The van der Waals surface area contributed by atoms with Crippen LogP contribution in [0.2, 0.25) is 0 Å². The maximum atomic E-state index is 11.1. The number of rotatable bonds is 3. The van der Waals surface area contributed by atoms with Gasteiger partial charge in [-0.05, 0) is 13.8 Å². The topological polar surface area (TPSA) is 83.6 Å². The predicted octanol–water partition coefficient (Wildman–Crippen LogP) is 1.12. The Morgan fingerprint density at radius 1 is 1.29 bits per heavy atom. The van der Waals surface area contributed by atoms with Crippen molar-refractivity contribution in [3.63, 3.8) is 0 Å². The van der Waals surface area contributed by atoms with Gasteiger partial charge in [0.2, 0.25) is 0 Å². The van der Waals surface area contributed by atoms with Crippen LogP contribution in [0, 0.1) is 0 Å². The summed E-state index contributed by atoms with van der Waals surface area (Å²) in [6.45, 7) is 3.52. The van der Waals surface area contributed by atoms with E-state index >= 15 is 0 Å². The summed E-state index contributed by atoms with van der Waals surface area (Å²) in [5.74, 6) is -0.942. The van der Waals surface area contributed by atoms with Gasteiger partial charge in [-0.25, -0.2) is 4.68 Å². The molecule has 7 heteroatoms. The van der Waals surface area contributed by atoms with Crippen LogP contribution in [0.25, 0.3) is 0 Å². The van der Waals surface area contributed by atoms with Gasteiger partial charge in [0, 0.05) is 5.56 Å². The van der Waals surface area contributed by atoms with Gasteiger partial charge in [-0.2, -0.15) is 5.10 Å². The van der Waals surface area contributed by atoms with E-state index in [2.05, 4.69) is 15.4 Å². The third-order valence-corrected chi connectivity index (χ3v) is 3.49. The summed E-state index contributed by atoms with van der Waals surface area (Å²) in [7, 11) is 0. The fraction of sp³-hybridized carbons (Fsp3) is 0.286. The smallest absolute Gasteiger partial charge is 0.324 e. The molecule has 0 bridgehead atoms. The van der Waals surface area contributed by atoms with Crippen molar-refractivity contribution in [2.45, 2.75) is 19.5 Å². The highest BCUT2D eigenvalue weighted by molar-refractivity contribution is 6.11. The molecule has 3 rings (SSSR count). The molecule has 2 aromatic rings. The first-order chi connectivity index (χ1) is 10.00. The molecular weight excluding hydrogens is 270 g/mol. The number of carbonyl (C=O) groups is 1.